The third-order valence-corrected chi connectivity index (χ3v) is 6.05. The summed E-state index contributed by atoms with van der Waals surface area (Å²) >= 11 is 0. The molecule has 3 amide bonds. The molecule has 2 rings (SSSR count). The molecular formula is C27H37N7O7. The first-order valence-electron chi connectivity index (χ1n) is 12.9. The first kappa shape index (κ1) is 32.4. The molecule has 2 aromatic rings. The number of hydrogen-bond donors (Lipinski definition) is 9. The number of nitrogens with one attached hydrogen (secondary N) is 3. The molecule has 2 aromatic carbocycles. The molecule has 0 aliphatic heterocycles. The number of amides is 3. The molecule has 0 radical (unpaired) electrons. The van der Waals surface area contributed by atoms with Crippen LogP contribution >= 0.6 is 0 Å². The van der Waals surface area contributed by atoms with Gasteiger partial charge in [0.2, 0.25) is 17.7 Å². The summed E-state index contributed by atoms with van der Waals surface area (Å²) in [6.07, 6.45) is 0.610. The molecule has 0 spiro atoms. The molecule has 4 atom stereocenters. The number of carboxylic acid groups (broad SMARTS) is 1. The molecule has 0 saturated carbocycles. The fourth-order valence-corrected chi connectivity index (χ4v) is 3.73. The molecule has 41 heavy (non-hydrogen) atoms. The zero-order valence-electron chi connectivity index (χ0n) is 22.6. The number of carbonyl (C=O) groups excluding carboxylic acids is 3. The summed E-state index contributed by atoms with van der Waals surface area (Å²) in [4.78, 5) is 54.5. The van der Waals surface area contributed by atoms with E-state index >= 15 is 0 Å². The Hall–Kier alpha value is -4.85. The Morgan fingerprint density at radius 2 is 1.22 bits per heavy atom. The van der Waals surface area contributed by atoms with Crippen molar-refractivity contribution in [2.24, 2.45) is 22.2 Å². The van der Waals surface area contributed by atoms with Crippen LogP contribution in [0, 0.1) is 0 Å². The van der Waals surface area contributed by atoms with Gasteiger partial charge in [0.05, 0.1) is 6.04 Å². The van der Waals surface area contributed by atoms with Gasteiger partial charge in [-0.15, -0.1) is 0 Å². The second-order valence-corrected chi connectivity index (χ2v) is 9.49. The number of phenols is 2. The van der Waals surface area contributed by atoms with Crippen molar-refractivity contribution in [1.82, 2.24) is 16.0 Å². The van der Waals surface area contributed by atoms with Gasteiger partial charge in [0.25, 0.3) is 0 Å². The molecule has 12 N–H and O–H groups in total. The van der Waals surface area contributed by atoms with Gasteiger partial charge in [0.1, 0.15) is 29.6 Å². The van der Waals surface area contributed by atoms with Crippen LogP contribution in [-0.4, -0.2) is 75.7 Å². The smallest absolute Gasteiger partial charge is 0.325 e. The quantitative estimate of drug-likeness (QED) is 0.0702. The number of benzene rings is 2. The standard InChI is InChI=1S/C27H37N7O7/c1-15(26(40)41)32-24(38)21(13-16-4-8-18(35)9-5-16)34-25(39)22(14-17-6-10-19(36)11-7-17)33-23(37)20(28)3-2-12-31-27(29)30/h4-11,15,20-22,35-36H,2-3,12-14,28H2,1H3,(H,32,38)(H,33,37)(H,34,39)(H,40,41)(H4,29,30,31). The van der Waals surface area contributed by atoms with Gasteiger partial charge in [-0.3, -0.25) is 24.2 Å². The molecule has 4 unspecified atom stereocenters. The number of nitrogens with zero attached hydrogens (tertiary/aromatic N) is 1. The number of aromatic hydroxyl groups is 2. The minimum absolute atomic E-state index is 0.00233. The van der Waals surface area contributed by atoms with E-state index in [-0.39, 0.29) is 43.3 Å². The number of aliphatic imine (C=N–C) groups is 1. The Morgan fingerprint density at radius 3 is 1.66 bits per heavy atom. The number of guanidine groups is 1. The number of aliphatic carboxylic acids is 1. The first-order valence-corrected chi connectivity index (χ1v) is 12.9. The highest BCUT2D eigenvalue weighted by molar-refractivity contribution is 5.94. The second kappa shape index (κ2) is 15.7. The zero-order valence-corrected chi connectivity index (χ0v) is 22.6. The molecular weight excluding hydrogens is 534 g/mol. The summed E-state index contributed by atoms with van der Waals surface area (Å²) in [6.45, 7) is 1.55. The number of hydrogen-bond acceptors (Lipinski definition) is 8. The minimum atomic E-state index is -1.26. The molecule has 0 saturated heterocycles. The predicted molar refractivity (Wildman–Crippen MR) is 151 cm³/mol. The van der Waals surface area contributed by atoms with Crippen LogP contribution < -0.4 is 33.2 Å². The lowest BCUT2D eigenvalue weighted by molar-refractivity contribution is -0.141. The lowest BCUT2D eigenvalue weighted by Gasteiger charge is -2.25. The summed E-state index contributed by atoms with van der Waals surface area (Å²) in [7, 11) is 0. The molecule has 0 heterocycles. The Morgan fingerprint density at radius 1 is 0.780 bits per heavy atom. The van der Waals surface area contributed by atoms with Crippen LogP contribution in [0.5, 0.6) is 11.5 Å². The van der Waals surface area contributed by atoms with Crippen LogP contribution in [0.2, 0.25) is 0 Å². The van der Waals surface area contributed by atoms with E-state index in [0.717, 1.165) is 0 Å². The third-order valence-electron chi connectivity index (χ3n) is 6.05. The highest BCUT2D eigenvalue weighted by atomic mass is 16.4. The van der Waals surface area contributed by atoms with Gasteiger partial charge in [-0.25, -0.2) is 0 Å². The van der Waals surface area contributed by atoms with Crippen molar-refractivity contribution in [2.45, 2.75) is 56.8 Å². The molecule has 14 nitrogen and oxygen atoms in total. The van der Waals surface area contributed by atoms with Crippen LogP contribution in [0.3, 0.4) is 0 Å². The zero-order chi connectivity index (χ0) is 30.5. The lowest BCUT2D eigenvalue weighted by atomic mass is 10.0. The Kier molecular flexibility index (Phi) is 12.4. The maximum absolute atomic E-state index is 13.5. The number of carbonyl (C=O) groups is 4. The van der Waals surface area contributed by atoms with Crippen LogP contribution in [0.15, 0.2) is 53.5 Å². The van der Waals surface area contributed by atoms with Crippen molar-refractivity contribution in [3.05, 3.63) is 59.7 Å². The summed E-state index contributed by atoms with van der Waals surface area (Å²) < 4.78 is 0. The Bertz CT molecular complexity index is 1220. The largest absolute Gasteiger partial charge is 0.508 e. The number of phenolic OH excluding ortho intramolecular Hbond substituents is 2. The van der Waals surface area contributed by atoms with E-state index < -0.39 is 47.9 Å². The lowest BCUT2D eigenvalue weighted by Crippen LogP contribution is -2.58. The molecule has 0 aliphatic carbocycles. The van der Waals surface area contributed by atoms with Crippen LogP contribution in [-0.2, 0) is 32.0 Å². The van der Waals surface area contributed by atoms with E-state index in [2.05, 4.69) is 20.9 Å². The summed E-state index contributed by atoms with van der Waals surface area (Å²) in [5.74, 6) is -3.43. The molecule has 0 aliphatic rings. The number of nitrogens with two attached hydrogens (primary N) is 3. The number of carboxylic acids is 1. The first-order chi connectivity index (χ1) is 19.3. The van der Waals surface area contributed by atoms with Crippen molar-refractivity contribution in [3.8, 4) is 11.5 Å². The molecule has 222 valence electrons. The van der Waals surface area contributed by atoms with Gasteiger partial charge in [-0.05, 0) is 55.2 Å². The van der Waals surface area contributed by atoms with E-state index in [9.17, 15) is 34.5 Å². The maximum atomic E-state index is 13.5. The van der Waals surface area contributed by atoms with Crippen molar-refractivity contribution in [3.63, 3.8) is 0 Å². The van der Waals surface area contributed by atoms with Gasteiger partial charge >= 0.3 is 5.97 Å². The van der Waals surface area contributed by atoms with Crippen LogP contribution in [0.25, 0.3) is 0 Å². The van der Waals surface area contributed by atoms with Gasteiger partial charge in [0, 0.05) is 19.4 Å². The van der Waals surface area contributed by atoms with Gasteiger partial charge in [-0.2, -0.15) is 0 Å². The Balaban J connectivity index is 2.25. The highest BCUT2D eigenvalue weighted by Crippen LogP contribution is 2.14. The SMILES string of the molecule is CC(NC(=O)C(Cc1ccc(O)cc1)NC(=O)C(Cc1ccc(O)cc1)NC(=O)C(N)CCCN=C(N)N)C(=O)O. The summed E-state index contributed by atoms with van der Waals surface area (Å²) in [5, 5.41) is 36.0. The fourth-order valence-electron chi connectivity index (χ4n) is 3.73. The Labute approximate surface area is 237 Å². The van der Waals surface area contributed by atoms with Gasteiger partial charge < -0.3 is 48.5 Å². The van der Waals surface area contributed by atoms with Gasteiger partial charge in [-0.1, -0.05) is 24.3 Å². The van der Waals surface area contributed by atoms with Crippen LogP contribution in [0.1, 0.15) is 30.9 Å². The summed E-state index contributed by atoms with van der Waals surface area (Å²) in [5.41, 5.74) is 17.8. The van der Waals surface area contributed by atoms with Crippen molar-refractivity contribution in [1.29, 1.82) is 0 Å². The molecule has 14 heteroatoms. The van der Waals surface area contributed by atoms with Gasteiger partial charge in [0.15, 0.2) is 5.96 Å². The minimum Gasteiger partial charge on any atom is -0.508 e. The van der Waals surface area contributed by atoms with Crippen molar-refractivity contribution in [2.75, 3.05) is 6.54 Å². The van der Waals surface area contributed by atoms with Crippen molar-refractivity contribution < 1.29 is 34.5 Å². The maximum Gasteiger partial charge on any atom is 0.325 e. The highest BCUT2D eigenvalue weighted by Gasteiger charge is 2.30. The molecule has 0 bridgehead atoms. The van der Waals surface area contributed by atoms with E-state index in [0.29, 0.717) is 17.5 Å². The third kappa shape index (κ3) is 11.4. The van der Waals surface area contributed by atoms with E-state index in [4.69, 9.17) is 17.2 Å². The van der Waals surface area contributed by atoms with E-state index in [1.54, 1.807) is 24.3 Å². The number of rotatable bonds is 15. The molecule has 0 fully saturated rings. The topological polar surface area (TPSA) is 255 Å². The molecule has 0 aromatic heterocycles. The second-order valence-electron chi connectivity index (χ2n) is 9.49. The normalized spacial score (nSPS) is 13.6. The van der Waals surface area contributed by atoms with Crippen LogP contribution in [0.4, 0.5) is 0 Å². The van der Waals surface area contributed by atoms with Crippen molar-refractivity contribution >= 4 is 29.7 Å². The monoisotopic (exact) mass is 571 g/mol. The summed E-state index contributed by atoms with van der Waals surface area (Å²) in [6, 6.07) is 7.33. The van der Waals surface area contributed by atoms with E-state index in [1.807, 2.05) is 0 Å². The predicted octanol–water partition coefficient (Wildman–Crippen LogP) is -1.18. The average molecular weight is 572 g/mol. The van der Waals surface area contributed by atoms with E-state index in [1.165, 1.54) is 31.2 Å². The average Bonchev–Trinajstić information content (AvgIpc) is 2.92. The fraction of sp³-hybridized carbons (Fsp3) is 0.370.